The number of hydrogen-bond donors (Lipinski definition) is 1. The predicted molar refractivity (Wildman–Crippen MR) is 59.1 cm³/mol. The van der Waals surface area contributed by atoms with E-state index in [0.717, 1.165) is 30.1 Å². The number of halogens is 1. The maximum atomic E-state index is 13.6. The first-order valence-corrected chi connectivity index (χ1v) is 5.53. The molecule has 0 fully saturated rings. The summed E-state index contributed by atoms with van der Waals surface area (Å²) in [4.78, 5) is 4.35. The maximum absolute atomic E-state index is 13.6. The molecule has 1 N–H and O–H groups in total. The van der Waals surface area contributed by atoms with Crippen LogP contribution in [-0.4, -0.2) is 25.5 Å². The summed E-state index contributed by atoms with van der Waals surface area (Å²) in [5, 5.41) is 3.19. The molecule has 2 aliphatic rings. The van der Waals surface area contributed by atoms with Crippen molar-refractivity contribution in [2.45, 2.75) is 12.5 Å². The summed E-state index contributed by atoms with van der Waals surface area (Å²) < 4.78 is 19.3. The molecule has 0 aromatic heterocycles. The SMILES string of the molecule is Fc1cccc2c1CCOC2C1=NCCN1. The Morgan fingerprint density at radius 3 is 3.19 bits per heavy atom. The molecule has 0 saturated carbocycles. The van der Waals surface area contributed by atoms with Crippen molar-refractivity contribution in [3.8, 4) is 0 Å². The van der Waals surface area contributed by atoms with Crippen LogP contribution in [-0.2, 0) is 11.2 Å². The Balaban J connectivity index is 2.02. The van der Waals surface area contributed by atoms with Gasteiger partial charge in [-0.2, -0.15) is 0 Å². The standard InChI is InChI=1S/C12H13FN2O/c13-10-3-1-2-9-8(10)4-7-16-11(9)12-14-5-6-15-12/h1-3,11H,4-7H2,(H,14,15). The van der Waals surface area contributed by atoms with Gasteiger partial charge in [0.2, 0.25) is 0 Å². The molecule has 0 amide bonds. The molecule has 1 aromatic carbocycles. The highest BCUT2D eigenvalue weighted by Crippen LogP contribution is 2.29. The minimum Gasteiger partial charge on any atom is -0.369 e. The van der Waals surface area contributed by atoms with Crippen LogP contribution in [0.3, 0.4) is 0 Å². The fourth-order valence-electron chi connectivity index (χ4n) is 2.27. The Kier molecular flexibility index (Phi) is 2.36. The van der Waals surface area contributed by atoms with E-state index in [2.05, 4.69) is 10.3 Å². The number of ether oxygens (including phenoxy) is 1. The first-order chi connectivity index (χ1) is 7.86. The zero-order valence-electron chi connectivity index (χ0n) is 8.87. The third-order valence-electron chi connectivity index (χ3n) is 3.02. The van der Waals surface area contributed by atoms with Gasteiger partial charge in [0.05, 0.1) is 13.2 Å². The Hall–Kier alpha value is -1.42. The van der Waals surface area contributed by atoms with Crippen LogP contribution in [0.15, 0.2) is 23.2 Å². The third-order valence-corrected chi connectivity index (χ3v) is 3.02. The highest BCUT2D eigenvalue weighted by molar-refractivity contribution is 5.89. The molecule has 84 valence electrons. The predicted octanol–water partition coefficient (Wildman–Crippen LogP) is 1.44. The van der Waals surface area contributed by atoms with Gasteiger partial charge in [-0.15, -0.1) is 0 Å². The lowest BCUT2D eigenvalue weighted by Gasteiger charge is -2.26. The van der Waals surface area contributed by atoms with E-state index in [-0.39, 0.29) is 11.9 Å². The van der Waals surface area contributed by atoms with E-state index in [1.54, 1.807) is 6.07 Å². The minimum atomic E-state index is -0.207. The van der Waals surface area contributed by atoms with Crippen molar-refractivity contribution in [3.05, 3.63) is 35.1 Å². The molecule has 0 saturated heterocycles. The number of hydrogen-bond acceptors (Lipinski definition) is 3. The molecule has 1 atom stereocenters. The van der Waals surface area contributed by atoms with Crippen LogP contribution in [0, 0.1) is 5.82 Å². The molecule has 3 nitrogen and oxygen atoms in total. The van der Waals surface area contributed by atoms with Crippen LogP contribution in [0.4, 0.5) is 4.39 Å². The van der Waals surface area contributed by atoms with Crippen molar-refractivity contribution < 1.29 is 9.13 Å². The first-order valence-electron chi connectivity index (χ1n) is 5.53. The Morgan fingerprint density at radius 1 is 1.44 bits per heavy atom. The van der Waals surface area contributed by atoms with Crippen LogP contribution >= 0.6 is 0 Å². The van der Waals surface area contributed by atoms with Crippen LogP contribution in [0.2, 0.25) is 0 Å². The Morgan fingerprint density at radius 2 is 2.38 bits per heavy atom. The Bertz CT molecular complexity index is 445. The minimum absolute atomic E-state index is 0.135. The lowest BCUT2D eigenvalue weighted by atomic mass is 9.96. The van der Waals surface area contributed by atoms with Gasteiger partial charge in [0.15, 0.2) is 0 Å². The van der Waals surface area contributed by atoms with E-state index in [0.29, 0.717) is 13.0 Å². The summed E-state index contributed by atoms with van der Waals surface area (Å²) in [6.07, 6.45) is 0.438. The summed E-state index contributed by atoms with van der Waals surface area (Å²) in [5.41, 5.74) is 1.69. The van der Waals surface area contributed by atoms with E-state index in [1.807, 2.05) is 6.07 Å². The normalized spacial score (nSPS) is 23.6. The van der Waals surface area contributed by atoms with Gasteiger partial charge >= 0.3 is 0 Å². The zero-order valence-corrected chi connectivity index (χ0v) is 8.87. The number of nitrogens with one attached hydrogen (secondary N) is 1. The molecule has 3 rings (SSSR count). The van der Waals surface area contributed by atoms with E-state index in [1.165, 1.54) is 6.07 Å². The second kappa shape index (κ2) is 3.87. The van der Waals surface area contributed by atoms with Crippen LogP contribution in [0.1, 0.15) is 17.2 Å². The Labute approximate surface area is 93.3 Å². The quantitative estimate of drug-likeness (QED) is 0.777. The topological polar surface area (TPSA) is 33.6 Å². The van der Waals surface area contributed by atoms with Crippen molar-refractivity contribution in [2.24, 2.45) is 4.99 Å². The first kappa shape index (κ1) is 9.78. The van der Waals surface area contributed by atoms with Gasteiger partial charge in [-0.05, 0) is 23.6 Å². The number of aliphatic imine (C=N–C) groups is 1. The van der Waals surface area contributed by atoms with E-state index in [9.17, 15) is 4.39 Å². The molecular weight excluding hydrogens is 207 g/mol. The van der Waals surface area contributed by atoms with Gasteiger partial charge in [-0.3, -0.25) is 4.99 Å². The number of nitrogens with zero attached hydrogens (tertiary/aromatic N) is 1. The molecule has 0 aliphatic carbocycles. The highest BCUT2D eigenvalue weighted by atomic mass is 19.1. The number of fused-ring (bicyclic) bond motifs is 1. The van der Waals surface area contributed by atoms with Crippen molar-refractivity contribution in [1.29, 1.82) is 0 Å². The molecule has 1 unspecified atom stereocenters. The van der Waals surface area contributed by atoms with Crippen LogP contribution in [0.5, 0.6) is 0 Å². The largest absolute Gasteiger partial charge is 0.369 e. The fourth-order valence-corrected chi connectivity index (χ4v) is 2.27. The molecule has 0 radical (unpaired) electrons. The molecule has 0 bridgehead atoms. The molecular formula is C12H13FN2O. The van der Waals surface area contributed by atoms with Crippen molar-refractivity contribution in [3.63, 3.8) is 0 Å². The zero-order chi connectivity index (χ0) is 11.0. The molecule has 4 heteroatoms. The maximum Gasteiger partial charge on any atom is 0.140 e. The van der Waals surface area contributed by atoms with Gasteiger partial charge in [0, 0.05) is 6.54 Å². The smallest absolute Gasteiger partial charge is 0.140 e. The monoisotopic (exact) mass is 220 g/mol. The number of amidine groups is 1. The number of benzene rings is 1. The van der Waals surface area contributed by atoms with Crippen molar-refractivity contribution in [2.75, 3.05) is 19.7 Å². The van der Waals surface area contributed by atoms with Gasteiger partial charge in [0.1, 0.15) is 17.8 Å². The summed E-state index contributed by atoms with van der Waals surface area (Å²) >= 11 is 0. The highest BCUT2D eigenvalue weighted by Gasteiger charge is 2.28. The van der Waals surface area contributed by atoms with Gasteiger partial charge in [0.25, 0.3) is 0 Å². The van der Waals surface area contributed by atoms with E-state index < -0.39 is 0 Å². The third kappa shape index (κ3) is 1.50. The van der Waals surface area contributed by atoms with Gasteiger partial charge in [-0.1, -0.05) is 12.1 Å². The van der Waals surface area contributed by atoms with Crippen LogP contribution in [0.25, 0.3) is 0 Å². The van der Waals surface area contributed by atoms with E-state index >= 15 is 0 Å². The summed E-state index contributed by atoms with van der Waals surface area (Å²) in [7, 11) is 0. The lowest BCUT2D eigenvalue weighted by Crippen LogP contribution is -2.31. The van der Waals surface area contributed by atoms with Crippen molar-refractivity contribution >= 4 is 5.84 Å². The molecule has 2 heterocycles. The van der Waals surface area contributed by atoms with E-state index in [4.69, 9.17) is 4.74 Å². The second-order valence-corrected chi connectivity index (χ2v) is 4.00. The molecule has 0 spiro atoms. The van der Waals surface area contributed by atoms with Gasteiger partial charge < -0.3 is 10.1 Å². The molecule has 2 aliphatic heterocycles. The van der Waals surface area contributed by atoms with Crippen LogP contribution < -0.4 is 5.32 Å². The van der Waals surface area contributed by atoms with Gasteiger partial charge in [-0.25, -0.2) is 4.39 Å². The fraction of sp³-hybridized carbons (Fsp3) is 0.417. The average molecular weight is 220 g/mol. The summed E-state index contributed by atoms with van der Waals surface area (Å²) in [5.74, 6) is 0.705. The molecule has 1 aromatic rings. The molecule has 16 heavy (non-hydrogen) atoms. The second-order valence-electron chi connectivity index (χ2n) is 4.00. The lowest BCUT2D eigenvalue weighted by molar-refractivity contribution is 0.0847. The number of rotatable bonds is 1. The summed E-state index contributed by atoms with van der Waals surface area (Å²) in [6.45, 7) is 2.18. The van der Waals surface area contributed by atoms with Crippen molar-refractivity contribution in [1.82, 2.24) is 5.32 Å². The average Bonchev–Trinajstić information content (AvgIpc) is 2.82. The summed E-state index contributed by atoms with van der Waals surface area (Å²) in [6, 6.07) is 5.15.